The number of hydrogen-bond donors (Lipinski definition) is 0. The summed E-state index contributed by atoms with van der Waals surface area (Å²) in [5, 5.41) is -0.735. The summed E-state index contributed by atoms with van der Waals surface area (Å²) in [6.45, 7) is 0. The molecular weight excluding hydrogens is 198 g/mol. The van der Waals surface area contributed by atoms with Gasteiger partial charge in [-0.15, -0.1) is 11.6 Å². The van der Waals surface area contributed by atoms with Crippen LogP contribution in [0.15, 0.2) is 18.2 Å². The molecule has 13 heavy (non-hydrogen) atoms. The highest BCUT2D eigenvalue weighted by atomic mass is 35.5. The monoisotopic (exact) mass is 204 g/mol. The van der Waals surface area contributed by atoms with E-state index in [2.05, 4.69) is 0 Å². The average Bonchev–Trinajstić information content (AvgIpc) is 2.02. The molecule has 4 heteroatoms. The zero-order valence-electron chi connectivity index (χ0n) is 6.64. The fraction of sp³-hybridized carbons (Fsp3) is 0.222. The largest absolute Gasteiger partial charge is 0.302 e. The zero-order chi connectivity index (χ0) is 9.84. The van der Waals surface area contributed by atoms with Crippen molar-refractivity contribution in [2.75, 3.05) is 0 Å². The Labute approximate surface area is 79.3 Å². The van der Waals surface area contributed by atoms with E-state index in [0.717, 1.165) is 18.2 Å². The number of carbonyl (C=O) groups excluding carboxylic acids is 1. The van der Waals surface area contributed by atoms with Gasteiger partial charge in [-0.2, -0.15) is 0 Å². The first kappa shape index (κ1) is 10.1. The van der Waals surface area contributed by atoms with Crippen molar-refractivity contribution in [3.05, 3.63) is 35.4 Å². The van der Waals surface area contributed by atoms with Crippen LogP contribution < -0.4 is 0 Å². The van der Waals surface area contributed by atoms with Crippen molar-refractivity contribution >= 4 is 17.9 Å². The van der Waals surface area contributed by atoms with Crippen molar-refractivity contribution in [1.29, 1.82) is 0 Å². The third kappa shape index (κ3) is 3.11. The number of hydrogen-bond acceptors (Lipinski definition) is 1. The molecular formula is C9H7ClF2O. The van der Waals surface area contributed by atoms with Gasteiger partial charge in [0, 0.05) is 6.07 Å². The second-order valence-corrected chi connectivity index (χ2v) is 3.19. The molecule has 0 saturated heterocycles. The highest BCUT2D eigenvalue weighted by Crippen LogP contribution is 2.11. The molecule has 1 aromatic rings. The van der Waals surface area contributed by atoms with Gasteiger partial charge in [-0.05, 0) is 24.1 Å². The molecule has 1 nitrogen and oxygen atoms in total. The van der Waals surface area contributed by atoms with Crippen molar-refractivity contribution in [1.82, 2.24) is 0 Å². The molecule has 0 aliphatic rings. The first-order chi connectivity index (χ1) is 6.11. The van der Waals surface area contributed by atoms with Crippen LogP contribution in [0.5, 0.6) is 0 Å². The normalized spacial score (nSPS) is 12.5. The van der Waals surface area contributed by atoms with Crippen LogP contribution in [0.25, 0.3) is 0 Å². The molecule has 1 atom stereocenters. The van der Waals surface area contributed by atoms with Crippen LogP contribution in [0.1, 0.15) is 5.56 Å². The van der Waals surface area contributed by atoms with Gasteiger partial charge >= 0.3 is 0 Å². The molecule has 0 fully saturated rings. The number of halogens is 3. The maximum Gasteiger partial charge on any atom is 0.138 e. The van der Waals surface area contributed by atoms with E-state index < -0.39 is 17.0 Å². The molecule has 0 spiro atoms. The number of alkyl halides is 1. The van der Waals surface area contributed by atoms with Gasteiger partial charge in [-0.25, -0.2) is 8.78 Å². The molecule has 0 bridgehead atoms. The van der Waals surface area contributed by atoms with E-state index in [1.165, 1.54) is 0 Å². The topological polar surface area (TPSA) is 17.1 Å². The minimum atomic E-state index is -0.735. The highest BCUT2D eigenvalue weighted by Gasteiger charge is 2.06. The predicted molar refractivity (Wildman–Crippen MR) is 45.8 cm³/mol. The molecule has 1 aromatic carbocycles. The lowest BCUT2D eigenvalue weighted by atomic mass is 10.1. The highest BCUT2D eigenvalue weighted by molar-refractivity contribution is 6.27. The third-order valence-electron chi connectivity index (χ3n) is 1.50. The van der Waals surface area contributed by atoms with E-state index in [9.17, 15) is 13.6 Å². The van der Waals surface area contributed by atoms with Crippen LogP contribution in [0, 0.1) is 11.6 Å². The van der Waals surface area contributed by atoms with Gasteiger partial charge in [-0.1, -0.05) is 0 Å². The predicted octanol–water partition coefficient (Wildman–Crippen LogP) is 2.31. The summed E-state index contributed by atoms with van der Waals surface area (Å²) in [5.74, 6) is -1.32. The Hall–Kier alpha value is -0.960. The molecule has 70 valence electrons. The minimum absolute atomic E-state index is 0.139. The third-order valence-corrected chi connectivity index (χ3v) is 1.76. The standard InChI is InChI=1S/C9H7ClF2O/c10-7(5-13)1-6-2-8(11)4-9(12)3-6/h2-5,7H,1H2. The fourth-order valence-electron chi connectivity index (χ4n) is 1.00. The van der Waals surface area contributed by atoms with Crippen molar-refractivity contribution in [3.63, 3.8) is 0 Å². The van der Waals surface area contributed by atoms with Gasteiger partial charge in [0.15, 0.2) is 0 Å². The van der Waals surface area contributed by atoms with Crippen molar-refractivity contribution in [2.24, 2.45) is 0 Å². The van der Waals surface area contributed by atoms with Crippen LogP contribution in [0.4, 0.5) is 8.78 Å². The number of benzene rings is 1. The number of rotatable bonds is 3. The lowest BCUT2D eigenvalue weighted by molar-refractivity contribution is -0.107. The van der Waals surface area contributed by atoms with Gasteiger partial charge in [0.05, 0.1) is 5.38 Å². The molecule has 0 amide bonds. The molecule has 0 N–H and O–H groups in total. The summed E-state index contributed by atoms with van der Waals surface area (Å²) in [6, 6.07) is 3.08. The summed E-state index contributed by atoms with van der Waals surface area (Å²) in [7, 11) is 0. The molecule has 0 aliphatic heterocycles. The van der Waals surface area contributed by atoms with E-state index >= 15 is 0 Å². The molecule has 1 unspecified atom stereocenters. The van der Waals surface area contributed by atoms with Crippen LogP contribution in [-0.4, -0.2) is 11.7 Å². The minimum Gasteiger partial charge on any atom is -0.302 e. The second-order valence-electron chi connectivity index (χ2n) is 2.63. The lowest BCUT2D eigenvalue weighted by Gasteiger charge is -2.02. The molecule has 0 radical (unpaired) electrons. The first-order valence-corrected chi connectivity index (χ1v) is 4.10. The van der Waals surface area contributed by atoms with E-state index in [1.54, 1.807) is 0 Å². The molecule has 0 aromatic heterocycles. The van der Waals surface area contributed by atoms with Crippen molar-refractivity contribution in [2.45, 2.75) is 11.8 Å². The van der Waals surface area contributed by atoms with Gasteiger partial charge < -0.3 is 4.79 Å². The van der Waals surface area contributed by atoms with Crippen LogP contribution >= 0.6 is 11.6 Å². The number of carbonyl (C=O) groups is 1. The van der Waals surface area contributed by atoms with Gasteiger partial charge in [0.2, 0.25) is 0 Å². The summed E-state index contributed by atoms with van der Waals surface area (Å²) in [6.07, 6.45) is 0.671. The van der Waals surface area contributed by atoms with Crippen molar-refractivity contribution in [3.8, 4) is 0 Å². The SMILES string of the molecule is O=CC(Cl)Cc1cc(F)cc(F)c1. The van der Waals surface area contributed by atoms with Crippen LogP contribution in [-0.2, 0) is 11.2 Å². The Bertz CT molecular complexity index is 294. The first-order valence-electron chi connectivity index (χ1n) is 3.66. The molecule has 0 heterocycles. The van der Waals surface area contributed by atoms with Crippen molar-refractivity contribution < 1.29 is 13.6 Å². The summed E-state index contributed by atoms with van der Waals surface area (Å²) < 4.78 is 25.2. The van der Waals surface area contributed by atoms with E-state index in [0.29, 0.717) is 11.8 Å². The van der Waals surface area contributed by atoms with Crippen LogP contribution in [0.2, 0.25) is 0 Å². The Morgan fingerprint density at radius 3 is 2.31 bits per heavy atom. The smallest absolute Gasteiger partial charge is 0.138 e. The summed E-state index contributed by atoms with van der Waals surface area (Å²) in [5.41, 5.74) is 0.379. The molecule has 0 saturated carbocycles. The summed E-state index contributed by atoms with van der Waals surface area (Å²) in [4.78, 5) is 10.2. The molecule has 1 rings (SSSR count). The van der Waals surface area contributed by atoms with E-state index in [4.69, 9.17) is 11.6 Å². The quantitative estimate of drug-likeness (QED) is 0.546. The Morgan fingerprint density at radius 1 is 1.31 bits per heavy atom. The van der Waals surface area contributed by atoms with E-state index in [-0.39, 0.29) is 6.42 Å². The summed E-state index contributed by atoms with van der Waals surface area (Å²) >= 11 is 5.49. The lowest BCUT2D eigenvalue weighted by Crippen LogP contribution is -2.04. The van der Waals surface area contributed by atoms with E-state index in [1.807, 2.05) is 0 Å². The maximum atomic E-state index is 12.6. The van der Waals surface area contributed by atoms with Gasteiger partial charge in [0.25, 0.3) is 0 Å². The fourth-order valence-corrected chi connectivity index (χ4v) is 1.18. The van der Waals surface area contributed by atoms with Gasteiger partial charge in [0.1, 0.15) is 17.9 Å². The Morgan fingerprint density at radius 2 is 1.85 bits per heavy atom. The Balaban J connectivity index is 2.82. The molecule has 0 aliphatic carbocycles. The number of aldehydes is 1. The average molecular weight is 205 g/mol. The second kappa shape index (κ2) is 4.33. The maximum absolute atomic E-state index is 12.6. The zero-order valence-corrected chi connectivity index (χ0v) is 7.39. The van der Waals surface area contributed by atoms with Gasteiger partial charge in [-0.3, -0.25) is 0 Å². The Kier molecular flexibility index (Phi) is 3.37. The van der Waals surface area contributed by atoms with Crippen LogP contribution in [0.3, 0.4) is 0 Å².